The number of likely N-dealkylation sites (tertiary alicyclic amines) is 1. The number of oxime groups is 1. The summed E-state index contributed by atoms with van der Waals surface area (Å²) in [6.45, 7) is 9.29. The molecule has 0 spiro atoms. The van der Waals surface area contributed by atoms with E-state index in [-0.39, 0.29) is 18.6 Å². The normalized spacial score (nSPS) is 19.7. The number of carbonyl (C=O) groups excluding carboxylic acids is 1. The Bertz CT molecular complexity index is 1360. The summed E-state index contributed by atoms with van der Waals surface area (Å²) < 4.78 is 40.4. The predicted octanol–water partition coefficient (Wildman–Crippen LogP) is 5.90. The highest BCUT2D eigenvalue weighted by Crippen LogP contribution is 2.36. The first-order valence-electron chi connectivity index (χ1n) is 13.1. The van der Waals surface area contributed by atoms with Gasteiger partial charge in [-0.1, -0.05) is 22.9 Å². The molecule has 2 aliphatic rings. The van der Waals surface area contributed by atoms with Gasteiger partial charge in [0.15, 0.2) is 11.8 Å². The van der Waals surface area contributed by atoms with E-state index in [4.69, 9.17) is 9.82 Å². The van der Waals surface area contributed by atoms with Crippen LogP contribution in [0.4, 0.5) is 13.2 Å². The average Bonchev–Trinajstić information content (AvgIpc) is 3.62. The van der Waals surface area contributed by atoms with Crippen LogP contribution in [0.2, 0.25) is 0 Å². The highest BCUT2D eigenvalue weighted by atomic mass is 32.1. The van der Waals surface area contributed by atoms with Gasteiger partial charge in [-0.25, -0.2) is 4.98 Å². The lowest BCUT2D eigenvalue weighted by Crippen LogP contribution is -2.44. The number of aldehydes is 1. The van der Waals surface area contributed by atoms with Gasteiger partial charge in [-0.3, -0.25) is 9.58 Å². The van der Waals surface area contributed by atoms with E-state index in [9.17, 15) is 18.0 Å². The zero-order valence-corrected chi connectivity index (χ0v) is 23.3. The Balaban J connectivity index is 1.19. The Kier molecular flexibility index (Phi) is 7.65. The maximum Gasteiger partial charge on any atom is 0.435 e. The summed E-state index contributed by atoms with van der Waals surface area (Å²) in [5.41, 5.74) is 5.98. The third-order valence-corrected chi connectivity index (χ3v) is 8.69. The monoisotopic (exact) mass is 559 g/mol. The lowest BCUT2D eigenvalue weighted by Gasteiger charge is -2.34. The van der Waals surface area contributed by atoms with Crippen LogP contribution in [0.3, 0.4) is 0 Å². The van der Waals surface area contributed by atoms with Crippen LogP contribution in [0.15, 0.2) is 28.7 Å². The minimum Gasteiger partial charge on any atom is -0.387 e. The molecule has 2 unspecified atom stereocenters. The fourth-order valence-corrected chi connectivity index (χ4v) is 6.72. The second-order valence-electron chi connectivity index (χ2n) is 10.6. The van der Waals surface area contributed by atoms with Gasteiger partial charge in [0.25, 0.3) is 0 Å². The molecule has 3 aromatic rings. The number of nitrogens with zero attached hydrogens (tertiary/aromatic N) is 5. The van der Waals surface area contributed by atoms with E-state index in [1.807, 2.05) is 10.3 Å². The van der Waals surface area contributed by atoms with Crippen LogP contribution in [0, 0.1) is 27.7 Å². The molecular weight excluding hydrogens is 527 g/mol. The molecular formula is C28H32F3N5O2S. The van der Waals surface area contributed by atoms with Gasteiger partial charge in [0.2, 0.25) is 0 Å². The van der Waals surface area contributed by atoms with E-state index in [1.54, 1.807) is 18.3 Å². The molecule has 0 amide bonds. The molecule has 1 fully saturated rings. The van der Waals surface area contributed by atoms with Crippen molar-refractivity contribution in [2.75, 3.05) is 13.1 Å². The summed E-state index contributed by atoms with van der Waals surface area (Å²) in [6, 6.07) is 4.82. The first kappa shape index (κ1) is 27.5. The molecule has 0 radical (unpaired) electrons. The van der Waals surface area contributed by atoms with Gasteiger partial charge in [0.1, 0.15) is 12.0 Å². The Morgan fingerprint density at radius 2 is 1.82 bits per heavy atom. The van der Waals surface area contributed by atoms with Crippen molar-refractivity contribution >= 4 is 23.3 Å². The van der Waals surface area contributed by atoms with E-state index >= 15 is 0 Å². The number of benzene rings is 1. The molecule has 4 heterocycles. The van der Waals surface area contributed by atoms with Crippen molar-refractivity contribution in [1.82, 2.24) is 19.7 Å². The molecule has 2 atom stereocenters. The van der Waals surface area contributed by atoms with Crippen LogP contribution in [-0.2, 0) is 22.4 Å². The van der Waals surface area contributed by atoms with Crippen LogP contribution in [0.25, 0.3) is 0 Å². The second-order valence-corrected chi connectivity index (χ2v) is 11.5. The van der Waals surface area contributed by atoms with Gasteiger partial charge in [-0.05, 0) is 70.8 Å². The number of aromatic nitrogens is 3. The number of piperidine rings is 1. The van der Waals surface area contributed by atoms with Crippen molar-refractivity contribution < 1.29 is 22.8 Å². The van der Waals surface area contributed by atoms with Crippen molar-refractivity contribution in [1.29, 1.82) is 0 Å². The van der Waals surface area contributed by atoms with Gasteiger partial charge >= 0.3 is 6.18 Å². The number of halogens is 3. The second kappa shape index (κ2) is 10.8. The molecule has 2 aromatic heterocycles. The first-order valence-corrected chi connectivity index (χ1v) is 14.0. The van der Waals surface area contributed by atoms with Crippen molar-refractivity contribution in [3.05, 3.63) is 67.9 Å². The van der Waals surface area contributed by atoms with E-state index in [2.05, 4.69) is 43.2 Å². The minimum absolute atomic E-state index is 0.0956. The smallest absolute Gasteiger partial charge is 0.387 e. The van der Waals surface area contributed by atoms with Crippen LogP contribution in [-0.4, -0.2) is 50.8 Å². The number of alkyl halides is 3. The van der Waals surface area contributed by atoms with Crippen molar-refractivity contribution in [2.45, 2.75) is 77.7 Å². The molecule has 208 valence electrons. The molecule has 39 heavy (non-hydrogen) atoms. The van der Waals surface area contributed by atoms with Gasteiger partial charge in [-0.15, -0.1) is 11.3 Å². The van der Waals surface area contributed by atoms with E-state index in [0.717, 1.165) is 41.6 Å². The Hall–Kier alpha value is -3.05. The molecule has 0 aliphatic carbocycles. The first-order chi connectivity index (χ1) is 18.5. The number of aryl methyl sites for hydroxylation is 4. The Labute approximate surface area is 229 Å². The summed E-state index contributed by atoms with van der Waals surface area (Å²) in [5, 5.41) is 11.1. The van der Waals surface area contributed by atoms with Crippen LogP contribution < -0.4 is 0 Å². The maximum absolute atomic E-state index is 13.0. The molecule has 5 rings (SSSR count). The summed E-state index contributed by atoms with van der Waals surface area (Å²) in [4.78, 5) is 24.6. The van der Waals surface area contributed by atoms with E-state index in [1.165, 1.54) is 26.9 Å². The van der Waals surface area contributed by atoms with E-state index in [0.29, 0.717) is 25.2 Å². The molecule has 1 saturated heterocycles. The lowest BCUT2D eigenvalue weighted by atomic mass is 9.93. The van der Waals surface area contributed by atoms with Gasteiger partial charge in [0, 0.05) is 29.0 Å². The average molecular weight is 560 g/mol. The summed E-state index contributed by atoms with van der Waals surface area (Å²) >= 11 is 1.62. The fraction of sp³-hybridized carbons (Fsp3) is 0.500. The number of carbonyl (C=O) groups is 1. The van der Waals surface area contributed by atoms with Crippen molar-refractivity contribution in [3.63, 3.8) is 0 Å². The van der Waals surface area contributed by atoms with Gasteiger partial charge < -0.3 is 9.63 Å². The topological polar surface area (TPSA) is 72.6 Å². The predicted molar refractivity (Wildman–Crippen MR) is 143 cm³/mol. The number of hydrogen-bond acceptors (Lipinski definition) is 7. The maximum atomic E-state index is 13.0. The largest absolute Gasteiger partial charge is 0.435 e. The van der Waals surface area contributed by atoms with Gasteiger partial charge in [-0.2, -0.15) is 18.3 Å². The van der Waals surface area contributed by atoms with E-state index < -0.39 is 17.9 Å². The highest BCUT2D eigenvalue weighted by molar-refractivity contribution is 7.10. The Morgan fingerprint density at radius 3 is 2.44 bits per heavy atom. The molecule has 2 aliphatic heterocycles. The molecule has 0 bridgehead atoms. The third-order valence-electron chi connectivity index (χ3n) is 7.68. The summed E-state index contributed by atoms with van der Waals surface area (Å²) in [5.74, 6) is 0.260. The lowest BCUT2D eigenvalue weighted by molar-refractivity contribution is -0.141. The number of hydrogen-bond donors (Lipinski definition) is 0. The van der Waals surface area contributed by atoms with Crippen LogP contribution in [0.5, 0.6) is 0 Å². The molecule has 0 N–H and O–H groups in total. The number of thiazole rings is 1. The van der Waals surface area contributed by atoms with Crippen LogP contribution >= 0.6 is 11.3 Å². The number of rotatable bonds is 7. The highest BCUT2D eigenvalue weighted by Gasteiger charge is 2.35. The summed E-state index contributed by atoms with van der Waals surface area (Å²) in [6.07, 6.45) is -1.50. The van der Waals surface area contributed by atoms with Crippen LogP contribution in [0.1, 0.15) is 75.6 Å². The third kappa shape index (κ3) is 5.79. The SMILES string of the molecule is Cc1cc(C)c(C2CC(c3csc(C4CCN(C(C=O)Cn5nc(C(F)(F)F)cc5C)CC4)n3)=NO2)c(C)c1. The quantitative estimate of drug-likeness (QED) is 0.337. The minimum atomic E-state index is -4.51. The summed E-state index contributed by atoms with van der Waals surface area (Å²) in [7, 11) is 0. The molecule has 7 nitrogen and oxygen atoms in total. The standard InChI is InChI=1S/C28H32F3N5O2S/c1-16-9-17(2)26(18(3)10-16)24-12-22(34-38-24)23-15-39-27(32-23)20-5-7-35(8-6-20)21(14-37)13-36-19(4)11-25(33-36)28(29,30)31/h9-11,14-15,20-21,24H,5-8,12-13H2,1-4H3. The zero-order chi connectivity index (χ0) is 27.9. The molecule has 0 saturated carbocycles. The zero-order valence-electron chi connectivity index (χ0n) is 22.5. The van der Waals surface area contributed by atoms with Crippen molar-refractivity contribution in [3.8, 4) is 0 Å². The molecule has 1 aromatic carbocycles. The van der Waals surface area contributed by atoms with Crippen molar-refractivity contribution in [2.24, 2.45) is 5.16 Å². The molecule has 11 heteroatoms. The van der Waals surface area contributed by atoms with Gasteiger partial charge in [0.05, 0.1) is 23.3 Å². The fourth-order valence-electron chi connectivity index (χ4n) is 5.72. The Morgan fingerprint density at radius 1 is 1.13 bits per heavy atom.